The van der Waals surface area contributed by atoms with Crippen molar-refractivity contribution >= 4 is 45.9 Å². The van der Waals surface area contributed by atoms with Crippen molar-refractivity contribution in [3.8, 4) is 11.6 Å². The van der Waals surface area contributed by atoms with Crippen molar-refractivity contribution in [2.45, 2.75) is 19.4 Å². The number of guanidine groups is 1. The first kappa shape index (κ1) is 22.3. The van der Waals surface area contributed by atoms with Crippen LogP contribution in [0, 0.1) is 0 Å². The monoisotopic (exact) mass is 556 g/mol. The van der Waals surface area contributed by atoms with E-state index in [-0.39, 0.29) is 30.0 Å². The van der Waals surface area contributed by atoms with Gasteiger partial charge in [0.15, 0.2) is 11.8 Å². The summed E-state index contributed by atoms with van der Waals surface area (Å²) >= 11 is 3.58. The minimum atomic E-state index is 0. The lowest BCUT2D eigenvalue weighted by Gasteiger charge is -2.19. The zero-order chi connectivity index (χ0) is 19.1. The standard InChI is InChI=1S/C19H21BrN6O.HI/c1-13(14-7-3-4-8-15(14)20)24-19(21-2)23-12-10-17-25-18(27-26-17)16-9-5-6-11-22-16;/h3-9,11,13H,10,12H2,1-2H3,(H2,21,23,24);1H. The van der Waals surface area contributed by atoms with Crippen molar-refractivity contribution in [3.05, 3.63) is 64.5 Å². The molecule has 0 aliphatic rings. The third-order valence-electron chi connectivity index (χ3n) is 3.94. The molecule has 0 bridgehead atoms. The van der Waals surface area contributed by atoms with Crippen LogP contribution in [-0.2, 0) is 6.42 Å². The third-order valence-corrected chi connectivity index (χ3v) is 4.66. The minimum Gasteiger partial charge on any atom is -0.356 e. The van der Waals surface area contributed by atoms with E-state index in [9.17, 15) is 0 Å². The molecule has 0 saturated heterocycles. The molecule has 2 N–H and O–H groups in total. The Morgan fingerprint density at radius 2 is 2.00 bits per heavy atom. The van der Waals surface area contributed by atoms with Gasteiger partial charge in [-0.25, -0.2) is 0 Å². The number of rotatable bonds is 6. The van der Waals surface area contributed by atoms with E-state index in [4.69, 9.17) is 4.52 Å². The van der Waals surface area contributed by atoms with Crippen molar-refractivity contribution in [2.24, 2.45) is 4.99 Å². The molecule has 2 heterocycles. The van der Waals surface area contributed by atoms with Gasteiger partial charge in [-0.1, -0.05) is 45.4 Å². The van der Waals surface area contributed by atoms with Crippen LogP contribution < -0.4 is 10.6 Å². The lowest BCUT2D eigenvalue weighted by Crippen LogP contribution is -2.39. The fraction of sp³-hybridized carbons (Fsp3) is 0.263. The summed E-state index contributed by atoms with van der Waals surface area (Å²) in [6, 6.07) is 13.8. The third kappa shape index (κ3) is 5.99. The lowest BCUT2D eigenvalue weighted by molar-refractivity contribution is 0.421. The summed E-state index contributed by atoms with van der Waals surface area (Å²) in [5.74, 6) is 1.76. The Morgan fingerprint density at radius 3 is 2.71 bits per heavy atom. The summed E-state index contributed by atoms with van der Waals surface area (Å²) in [5, 5.41) is 10.7. The summed E-state index contributed by atoms with van der Waals surface area (Å²) in [7, 11) is 1.75. The number of aromatic nitrogens is 3. The molecular formula is C19H22BrIN6O. The van der Waals surface area contributed by atoms with Gasteiger partial charge in [-0.05, 0) is 30.7 Å². The normalized spacial score (nSPS) is 12.2. The van der Waals surface area contributed by atoms with Gasteiger partial charge < -0.3 is 15.2 Å². The molecule has 28 heavy (non-hydrogen) atoms. The average molecular weight is 557 g/mol. The zero-order valence-electron chi connectivity index (χ0n) is 15.6. The van der Waals surface area contributed by atoms with E-state index < -0.39 is 0 Å². The molecule has 0 aliphatic heterocycles. The highest BCUT2D eigenvalue weighted by molar-refractivity contribution is 14.0. The quantitative estimate of drug-likeness (QED) is 0.271. The van der Waals surface area contributed by atoms with Gasteiger partial charge in [-0.15, -0.1) is 24.0 Å². The first-order valence-electron chi connectivity index (χ1n) is 8.63. The van der Waals surface area contributed by atoms with Gasteiger partial charge in [0.1, 0.15) is 5.69 Å². The van der Waals surface area contributed by atoms with Gasteiger partial charge >= 0.3 is 0 Å². The number of pyridine rings is 1. The van der Waals surface area contributed by atoms with Crippen molar-refractivity contribution in [1.82, 2.24) is 25.8 Å². The van der Waals surface area contributed by atoms with Crippen LogP contribution in [0.25, 0.3) is 11.6 Å². The Morgan fingerprint density at radius 1 is 1.21 bits per heavy atom. The van der Waals surface area contributed by atoms with E-state index >= 15 is 0 Å². The van der Waals surface area contributed by atoms with Crippen LogP contribution in [0.3, 0.4) is 0 Å². The molecule has 0 saturated carbocycles. The molecule has 0 amide bonds. The van der Waals surface area contributed by atoms with E-state index in [0.717, 1.165) is 4.47 Å². The van der Waals surface area contributed by atoms with Crippen molar-refractivity contribution < 1.29 is 4.52 Å². The summed E-state index contributed by atoms with van der Waals surface area (Å²) in [6.07, 6.45) is 2.31. The van der Waals surface area contributed by atoms with Gasteiger partial charge in [0.2, 0.25) is 0 Å². The predicted octanol–water partition coefficient (Wildman–Crippen LogP) is 3.98. The van der Waals surface area contributed by atoms with E-state index in [2.05, 4.69) is 59.7 Å². The maximum atomic E-state index is 5.27. The number of halogens is 2. The highest BCUT2D eigenvalue weighted by Crippen LogP contribution is 2.22. The Hall–Kier alpha value is -2.01. The average Bonchev–Trinajstić information content (AvgIpc) is 3.17. The molecule has 0 fully saturated rings. The number of nitrogens with zero attached hydrogens (tertiary/aromatic N) is 4. The van der Waals surface area contributed by atoms with E-state index in [1.807, 2.05) is 36.4 Å². The fourth-order valence-electron chi connectivity index (χ4n) is 2.55. The van der Waals surface area contributed by atoms with E-state index in [0.29, 0.717) is 36.3 Å². The molecule has 0 aliphatic carbocycles. The Kier molecular flexibility index (Phi) is 8.84. The highest BCUT2D eigenvalue weighted by atomic mass is 127. The molecule has 3 rings (SSSR count). The number of hydrogen-bond acceptors (Lipinski definition) is 5. The van der Waals surface area contributed by atoms with Gasteiger partial charge in [-0.3, -0.25) is 9.98 Å². The molecule has 148 valence electrons. The van der Waals surface area contributed by atoms with E-state index in [1.54, 1.807) is 13.2 Å². The number of hydrogen-bond donors (Lipinski definition) is 2. The maximum Gasteiger partial charge on any atom is 0.276 e. The van der Waals surface area contributed by atoms with Crippen LogP contribution in [-0.4, -0.2) is 34.7 Å². The van der Waals surface area contributed by atoms with Gasteiger partial charge in [0, 0.05) is 30.7 Å². The molecular weight excluding hydrogens is 535 g/mol. The van der Waals surface area contributed by atoms with Crippen LogP contribution in [0.4, 0.5) is 0 Å². The van der Waals surface area contributed by atoms with Gasteiger partial charge in [0.25, 0.3) is 5.89 Å². The Bertz CT molecular complexity index is 902. The largest absolute Gasteiger partial charge is 0.356 e. The lowest BCUT2D eigenvalue weighted by atomic mass is 10.1. The van der Waals surface area contributed by atoms with Crippen LogP contribution in [0.5, 0.6) is 0 Å². The van der Waals surface area contributed by atoms with Crippen LogP contribution in [0.15, 0.2) is 62.6 Å². The highest BCUT2D eigenvalue weighted by Gasteiger charge is 2.12. The number of aliphatic imine (C=N–C) groups is 1. The molecule has 0 radical (unpaired) electrons. The maximum absolute atomic E-state index is 5.27. The molecule has 1 aromatic carbocycles. The second-order valence-corrected chi connectivity index (χ2v) is 6.72. The topological polar surface area (TPSA) is 88.2 Å². The SMILES string of the molecule is CN=C(NCCc1noc(-c2ccccn2)n1)NC(C)c1ccccc1Br.I. The van der Waals surface area contributed by atoms with Crippen LogP contribution >= 0.6 is 39.9 Å². The molecule has 1 atom stereocenters. The Labute approximate surface area is 189 Å². The molecule has 0 spiro atoms. The molecule has 2 aromatic heterocycles. The predicted molar refractivity (Wildman–Crippen MR) is 124 cm³/mol. The van der Waals surface area contributed by atoms with Crippen molar-refractivity contribution in [1.29, 1.82) is 0 Å². The van der Waals surface area contributed by atoms with Gasteiger partial charge in [0.05, 0.1) is 6.04 Å². The summed E-state index contributed by atoms with van der Waals surface area (Å²) in [6.45, 7) is 2.72. The van der Waals surface area contributed by atoms with Crippen LogP contribution in [0.2, 0.25) is 0 Å². The molecule has 9 heteroatoms. The van der Waals surface area contributed by atoms with E-state index in [1.165, 1.54) is 5.56 Å². The first-order chi connectivity index (χ1) is 13.2. The number of nitrogens with one attached hydrogen (secondary N) is 2. The van der Waals surface area contributed by atoms with Crippen molar-refractivity contribution in [3.63, 3.8) is 0 Å². The molecule has 3 aromatic rings. The van der Waals surface area contributed by atoms with Gasteiger partial charge in [-0.2, -0.15) is 4.98 Å². The summed E-state index contributed by atoms with van der Waals surface area (Å²) in [5.41, 5.74) is 1.84. The second kappa shape index (κ2) is 11.1. The van der Waals surface area contributed by atoms with Crippen molar-refractivity contribution in [2.75, 3.05) is 13.6 Å². The zero-order valence-corrected chi connectivity index (χ0v) is 19.5. The first-order valence-corrected chi connectivity index (χ1v) is 9.42. The number of benzene rings is 1. The molecule has 1 unspecified atom stereocenters. The molecule has 7 nitrogen and oxygen atoms in total. The summed E-state index contributed by atoms with van der Waals surface area (Å²) in [4.78, 5) is 12.9. The smallest absolute Gasteiger partial charge is 0.276 e. The fourth-order valence-corrected chi connectivity index (χ4v) is 3.17. The second-order valence-electron chi connectivity index (χ2n) is 5.87. The minimum absolute atomic E-state index is 0. The summed E-state index contributed by atoms with van der Waals surface area (Å²) < 4.78 is 6.33. The Balaban J connectivity index is 0.00000280. The van der Waals surface area contributed by atoms with Crippen LogP contribution in [0.1, 0.15) is 24.4 Å².